The zero-order valence-corrected chi connectivity index (χ0v) is 57.4. The molecule has 12 atom stereocenters. The van der Waals surface area contributed by atoms with E-state index in [1.807, 2.05) is 6.08 Å². The third-order valence-corrected chi connectivity index (χ3v) is 18.2. The Labute approximate surface area is 549 Å². The van der Waals surface area contributed by atoms with E-state index >= 15 is 0 Å². The molecule has 2 saturated heterocycles. The Bertz CT molecular complexity index is 1740. The van der Waals surface area contributed by atoms with Gasteiger partial charge in [-0.05, 0) is 70.6 Å². The molecule has 0 aromatic rings. The van der Waals surface area contributed by atoms with Gasteiger partial charge in [0.2, 0.25) is 5.91 Å². The molecule has 526 valence electrons. The zero-order valence-electron chi connectivity index (χ0n) is 57.4. The molecule has 14 nitrogen and oxygen atoms in total. The second-order valence-corrected chi connectivity index (χ2v) is 26.4. The lowest BCUT2D eigenvalue weighted by Gasteiger charge is -2.46. The summed E-state index contributed by atoms with van der Waals surface area (Å²) in [6, 6.07) is -0.933. The molecule has 0 aromatic heterocycles. The molecule has 1 amide bonds. The lowest BCUT2D eigenvalue weighted by Crippen LogP contribution is -2.65. The summed E-state index contributed by atoms with van der Waals surface area (Å²) in [4.78, 5) is 13.3. The predicted octanol–water partition coefficient (Wildman–Crippen LogP) is 16.0. The standard InChI is InChI=1S/C76H139NO13/c1-3-5-7-9-11-13-15-17-19-21-23-25-26-27-28-29-30-31-32-33-34-35-36-37-38-40-42-44-46-48-50-52-54-56-58-60-68(81)77-64(65(80)59-57-55-53-51-49-47-45-43-41-39-24-22-20-18-16-14-12-10-8-6-4-2)63-87-75-73(86)71(84)74(67(62-79)89-75)90-76-72(85)70(83)69(82)66(61-78)88-76/h15,17,21,23,26-27,49,51,57,59,64-67,69-76,78-80,82-86H,3-14,16,18-20,22,24-25,28-48,50,52-56,58,60-63H2,1-2H3,(H,77,81)/b17-15-,23-21-,27-26-,51-49+,59-57+. The highest BCUT2D eigenvalue weighted by Crippen LogP contribution is 2.30. The molecule has 0 aliphatic carbocycles. The van der Waals surface area contributed by atoms with Gasteiger partial charge in [-0.15, -0.1) is 0 Å². The van der Waals surface area contributed by atoms with Crippen LogP contribution in [-0.2, 0) is 23.7 Å². The molecule has 12 unspecified atom stereocenters. The first-order valence-corrected chi connectivity index (χ1v) is 37.5. The molecule has 2 fully saturated rings. The summed E-state index contributed by atoms with van der Waals surface area (Å²) in [6.45, 7) is 2.81. The van der Waals surface area contributed by atoms with Gasteiger partial charge >= 0.3 is 0 Å². The van der Waals surface area contributed by atoms with Crippen LogP contribution >= 0.6 is 0 Å². The van der Waals surface area contributed by atoms with Crippen molar-refractivity contribution in [3.8, 4) is 0 Å². The molecule has 0 saturated carbocycles. The highest BCUT2D eigenvalue weighted by atomic mass is 16.7. The maximum absolute atomic E-state index is 13.3. The van der Waals surface area contributed by atoms with Crippen LogP contribution in [0.2, 0.25) is 0 Å². The van der Waals surface area contributed by atoms with Crippen LogP contribution in [0.25, 0.3) is 0 Å². The van der Waals surface area contributed by atoms with E-state index in [-0.39, 0.29) is 18.9 Å². The quantitative estimate of drug-likeness (QED) is 0.0204. The lowest BCUT2D eigenvalue weighted by atomic mass is 9.97. The van der Waals surface area contributed by atoms with Gasteiger partial charge in [0.1, 0.15) is 48.8 Å². The van der Waals surface area contributed by atoms with Crippen molar-refractivity contribution in [2.45, 2.75) is 396 Å². The Morgan fingerprint density at radius 1 is 0.400 bits per heavy atom. The predicted molar refractivity (Wildman–Crippen MR) is 369 cm³/mol. The Morgan fingerprint density at radius 3 is 1.17 bits per heavy atom. The highest BCUT2D eigenvalue weighted by Gasteiger charge is 2.51. The van der Waals surface area contributed by atoms with Gasteiger partial charge in [-0.3, -0.25) is 4.79 Å². The minimum absolute atomic E-state index is 0.245. The largest absolute Gasteiger partial charge is 0.394 e. The van der Waals surface area contributed by atoms with E-state index in [2.05, 4.69) is 67.8 Å². The van der Waals surface area contributed by atoms with E-state index in [0.717, 1.165) is 44.9 Å². The van der Waals surface area contributed by atoms with Crippen molar-refractivity contribution in [2.24, 2.45) is 0 Å². The summed E-state index contributed by atoms with van der Waals surface area (Å²) < 4.78 is 22.9. The van der Waals surface area contributed by atoms with Crippen molar-refractivity contribution in [3.05, 3.63) is 60.8 Å². The van der Waals surface area contributed by atoms with Crippen LogP contribution in [0.5, 0.6) is 0 Å². The smallest absolute Gasteiger partial charge is 0.220 e. The molecular weight excluding hydrogens is 1130 g/mol. The molecule has 0 spiro atoms. The number of amides is 1. The topological polar surface area (TPSA) is 228 Å². The number of nitrogens with one attached hydrogen (secondary N) is 1. The van der Waals surface area contributed by atoms with E-state index in [4.69, 9.17) is 18.9 Å². The molecular formula is C76H139NO13. The van der Waals surface area contributed by atoms with Gasteiger partial charge in [-0.1, -0.05) is 306 Å². The number of carbonyl (C=O) groups excluding carboxylic acids is 1. The number of carbonyl (C=O) groups is 1. The van der Waals surface area contributed by atoms with Crippen LogP contribution in [0.4, 0.5) is 0 Å². The second-order valence-electron chi connectivity index (χ2n) is 26.4. The van der Waals surface area contributed by atoms with Crippen molar-refractivity contribution in [1.29, 1.82) is 0 Å². The second kappa shape index (κ2) is 60.4. The van der Waals surface area contributed by atoms with E-state index < -0.39 is 86.8 Å². The van der Waals surface area contributed by atoms with Crippen molar-refractivity contribution >= 4 is 5.91 Å². The maximum atomic E-state index is 13.3. The van der Waals surface area contributed by atoms with Gasteiger partial charge in [-0.2, -0.15) is 0 Å². The van der Waals surface area contributed by atoms with Gasteiger partial charge in [0.05, 0.1) is 32.0 Å². The molecule has 2 aliphatic heterocycles. The summed E-state index contributed by atoms with van der Waals surface area (Å²) in [7, 11) is 0. The Morgan fingerprint density at radius 2 is 0.744 bits per heavy atom. The molecule has 0 aromatic carbocycles. The van der Waals surface area contributed by atoms with Gasteiger partial charge in [0, 0.05) is 6.42 Å². The molecule has 9 N–H and O–H groups in total. The Hall–Kier alpha value is -2.31. The van der Waals surface area contributed by atoms with Gasteiger partial charge in [0.15, 0.2) is 12.6 Å². The fraction of sp³-hybridized carbons (Fsp3) is 0.855. The van der Waals surface area contributed by atoms with Gasteiger partial charge < -0.3 is 65.1 Å². The first-order valence-electron chi connectivity index (χ1n) is 37.5. The normalized spacial score (nSPS) is 23.2. The minimum atomic E-state index is -1.79. The minimum Gasteiger partial charge on any atom is -0.394 e. The molecule has 2 heterocycles. The molecule has 14 heteroatoms. The summed E-state index contributed by atoms with van der Waals surface area (Å²) >= 11 is 0. The average Bonchev–Trinajstić information content (AvgIpc) is 1.28. The van der Waals surface area contributed by atoms with Gasteiger partial charge in [-0.25, -0.2) is 0 Å². The summed E-state index contributed by atoms with van der Waals surface area (Å²) in [5, 5.41) is 87.5. The number of aliphatic hydroxyl groups excluding tert-OH is 8. The molecule has 2 aliphatic rings. The zero-order chi connectivity index (χ0) is 65.2. The van der Waals surface area contributed by atoms with Crippen LogP contribution in [-0.4, -0.2) is 140 Å². The number of aliphatic hydroxyl groups is 8. The highest BCUT2D eigenvalue weighted by molar-refractivity contribution is 5.76. The van der Waals surface area contributed by atoms with Crippen LogP contribution in [0, 0.1) is 0 Å². The van der Waals surface area contributed by atoms with E-state index in [1.54, 1.807) is 6.08 Å². The first kappa shape index (κ1) is 83.8. The number of rotatable bonds is 62. The van der Waals surface area contributed by atoms with Crippen molar-refractivity contribution in [2.75, 3.05) is 19.8 Å². The van der Waals surface area contributed by atoms with E-state index in [9.17, 15) is 45.6 Å². The maximum Gasteiger partial charge on any atom is 0.220 e. The number of hydrogen-bond donors (Lipinski definition) is 9. The van der Waals surface area contributed by atoms with Crippen LogP contribution in [0.15, 0.2) is 60.8 Å². The van der Waals surface area contributed by atoms with Crippen LogP contribution < -0.4 is 5.32 Å². The number of ether oxygens (including phenoxy) is 4. The van der Waals surface area contributed by atoms with E-state index in [1.165, 1.54) is 244 Å². The fourth-order valence-corrected chi connectivity index (χ4v) is 12.2. The number of allylic oxidation sites excluding steroid dienone is 9. The van der Waals surface area contributed by atoms with Crippen molar-refractivity contribution in [1.82, 2.24) is 5.32 Å². The summed E-state index contributed by atoms with van der Waals surface area (Å²) in [6.07, 6.45) is 64.4. The summed E-state index contributed by atoms with van der Waals surface area (Å²) in [5.41, 5.74) is 0. The molecule has 0 bridgehead atoms. The van der Waals surface area contributed by atoms with Gasteiger partial charge in [0.25, 0.3) is 0 Å². The third-order valence-electron chi connectivity index (χ3n) is 18.2. The number of unbranched alkanes of at least 4 members (excludes halogenated alkanes) is 41. The SMILES string of the molecule is CCCCCCC/C=C\C/C=C\C/C=C\CCCCCCCCCCCCCCCCCCCCCCC(=O)NC(COC1OC(CO)C(OC2OC(CO)C(O)C(O)C2O)C(O)C1O)C(O)/C=C/CC/C=C/CCCCCCCCCCCCCCCCC. The Balaban J connectivity index is 1.63. The first-order chi connectivity index (χ1) is 44.1. The molecule has 0 radical (unpaired) electrons. The average molecular weight is 1270 g/mol. The number of hydrogen-bond acceptors (Lipinski definition) is 13. The van der Waals surface area contributed by atoms with Crippen LogP contribution in [0.3, 0.4) is 0 Å². The molecule has 2 rings (SSSR count). The van der Waals surface area contributed by atoms with Crippen LogP contribution in [0.1, 0.15) is 322 Å². The lowest BCUT2D eigenvalue weighted by molar-refractivity contribution is -0.359. The monoisotopic (exact) mass is 1270 g/mol. The Kier molecular flexibility index (Phi) is 56.2. The van der Waals surface area contributed by atoms with Crippen molar-refractivity contribution in [3.63, 3.8) is 0 Å². The fourth-order valence-electron chi connectivity index (χ4n) is 12.2. The van der Waals surface area contributed by atoms with Crippen molar-refractivity contribution < 1.29 is 64.6 Å². The third kappa shape index (κ3) is 43.6. The van der Waals surface area contributed by atoms with E-state index in [0.29, 0.717) is 12.8 Å². The molecule has 90 heavy (non-hydrogen) atoms. The summed E-state index contributed by atoms with van der Waals surface area (Å²) in [5.74, 6) is -0.245.